The quantitative estimate of drug-likeness (QED) is 0.813. The SMILES string of the molecule is CC(C)CNCCCN1CCn2c(nnc2C(F)(F)F)C1. The van der Waals surface area contributed by atoms with E-state index in [0.29, 0.717) is 31.4 Å². The van der Waals surface area contributed by atoms with Gasteiger partial charge in [0.1, 0.15) is 5.82 Å². The second kappa shape index (κ2) is 6.74. The maximum absolute atomic E-state index is 12.7. The van der Waals surface area contributed by atoms with E-state index in [-0.39, 0.29) is 0 Å². The zero-order chi connectivity index (χ0) is 15.5. The normalized spacial score (nSPS) is 16.5. The van der Waals surface area contributed by atoms with E-state index in [1.807, 2.05) is 0 Å². The number of nitrogens with one attached hydrogen (secondary N) is 1. The molecule has 0 aliphatic carbocycles. The maximum atomic E-state index is 12.7. The number of rotatable bonds is 6. The summed E-state index contributed by atoms with van der Waals surface area (Å²) < 4.78 is 39.3. The van der Waals surface area contributed by atoms with Crippen LogP contribution >= 0.6 is 0 Å². The minimum atomic E-state index is -4.42. The molecule has 1 aliphatic heterocycles. The molecule has 0 amide bonds. The van der Waals surface area contributed by atoms with Crippen LogP contribution in [-0.2, 0) is 19.3 Å². The predicted octanol–water partition coefficient (Wildman–Crippen LogP) is 1.75. The zero-order valence-corrected chi connectivity index (χ0v) is 12.4. The van der Waals surface area contributed by atoms with Crippen LogP contribution in [0.3, 0.4) is 0 Å². The second-order valence-corrected chi connectivity index (χ2v) is 5.82. The second-order valence-electron chi connectivity index (χ2n) is 5.82. The van der Waals surface area contributed by atoms with Gasteiger partial charge < -0.3 is 9.88 Å². The highest BCUT2D eigenvalue weighted by Gasteiger charge is 2.39. The molecule has 0 radical (unpaired) electrons. The van der Waals surface area contributed by atoms with Crippen molar-refractivity contribution in [3.05, 3.63) is 11.6 Å². The van der Waals surface area contributed by atoms with Gasteiger partial charge in [-0.1, -0.05) is 13.8 Å². The monoisotopic (exact) mass is 305 g/mol. The molecule has 0 atom stereocenters. The molecule has 0 spiro atoms. The summed E-state index contributed by atoms with van der Waals surface area (Å²) in [6.07, 6.45) is -3.44. The molecule has 1 aromatic heterocycles. The molecule has 1 aliphatic rings. The van der Waals surface area contributed by atoms with Crippen molar-refractivity contribution in [3.8, 4) is 0 Å². The van der Waals surface area contributed by atoms with Crippen molar-refractivity contribution in [3.63, 3.8) is 0 Å². The van der Waals surface area contributed by atoms with Crippen LogP contribution in [0.2, 0.25) is 0 Å². The lowest BCUT2D eigenvalue weighted by Crippen LogP contribution is -2.37. The van der Waals surface area contributed by atoms with E-state index < -0.39 is 12.0 Å². The van der Waals surface area contributed by atoms with Gasteiger partial charge in [-0.15, -0.1) is 10.2 Å². The molecule has 0 aromatic carbocycles. The molecule has 5 nitrogen and oxygen atoms in total. The number of alkyl halides is 3. The first-order valence-electron chi connectivity index (χ1n) is 7.30. The van der Waals surface area contributed by atoms with Crippen molar-refractivity contribution in [2.75, 3.05) is 26.2 Å². The summed E-state index contributed by atoms with van der Waals surface area (Å²) in [5.41, 5.74) is 0. The molecule has 120 valence electrons. The fraction of sp³-hybridized carbons (Fsp3) is 0.846. The fourth-order valence-corrected chi connectivity index (χ4v) is 2.43. The summed E-state index contributed by atoms with van der Waals surface area (Å²) in [5, 5.41) is 10.3. The number of hydrogen-bond acceptors (Lipinski definition) is 4. The van der Waals surface area contributed by atoms with Crippen molar-refractivity contribution in [2.45, 2.75) is 39.5 Å². The van der Waals surface area contributed by atoms with Crippen LogP contribution in [-0.4, -0.2) is 45.8 Å². The van der Waals surface area contributed by atoms with E-state index >= 15 is 0 Å². The Bertz CT molecular complexity index is 455. The number of hydrogen-bond donors (Lipinski definition) is 1. The van der Waals surface area contributed by atoms with Gasteiger partial charge in [0, 0.05) is 13.1 Å². The van der Waals surface area contributed by atoms with Crippen molar-refractivity contribution in [2.24, 2.45) is 5.92 Å². The van der Waals surface area contributed by atoms with E-state index in [1.54, 1.807) is 0 Å². The van der Waals surface area contributed by atoms with Crippen LogP contribution in [0.15, 0.2) is 0 Å². The summed E-state index contributed by atoms with van der Waals surface area (Å²) in [4.78, 5) is 2.13. The highest BCUT2D eigenvalue weighted by molar-refractivity contribution is 5.02. The molecule has 0 saturated carbocycles. The molecule has 1 aromatic rings. The number of fused-ring (bicyclic) bond motifs is 1. The first kappa shape index (κ1) is 16.2. The summed E-state index contributed by atoms with van der Waals surface area (Å²) >= 11 is 0. The third-order valence-electron chi connectivity index (χ3n) is 3.47. The molecule has 0 unspecified atom stereocenters. The molecular weight excluding hydrogens is 283 g/mol. The van der Waals surface area contributed by atoms with Crippen LogP contribution in [0.5, 0.6) is 0 Å². The molecule has 0 bridgehead atoms. The molecule has 21 heavy (non-hydrogen) atoms. The molecule has 8 heteroatoms. The van der Waals surface area contributed by atoms with Gasteiger partial charge in [0.15, 0.2) is 0 Å². The third-order valence-corrected chi connectivity index (χ3v) is 3.47. The van der Waals surface area contributed by atoms with Gasteiger partial charge in [0.25, 0.3) is 0 Å². The Hall–Kier alpha value is -1.15. The van der Waals surface area contributed by atoms with Gasteiger partial charge in [0.2, 0.25) is 5.82 Å². The summed E-state index contributed by atoms with van der Waals surface area (Å²) in [6.45, 7) is 8.44. The molecule has 2 rings (SSSR count). The van der Waals surface area contributed by atoms with Crippen LogP contribution in [0.4, 0.5) is 13.2 Å². The van der Waals surface area contributed by atoms with E-state index in [2.05, 4.69) is 34.3 Å². The van der Waals surface area contributed by atoms with Gasteiger partial charge in [0.05, 0.1) is 6.54 Å². The van der Waals surface area contributed by atoms with Crippen molar-refractivity contribution in [1.29, 1.82) is 0 Å². The largest absolute Gasteiger partial charge is 0.451 e. The first-order valence-corrected chi connectivity index (χ1v) is 7.30. The fourth-order valence-electron chi connectivity index (χ4n) is 2.43. The van der Waals surface area contributed by atoms with Crippen molar-refractivity contribution >= 4 is 0 Å². The highest BCUT2D eigenvalue weighted by atomic mass is 19.4. The molecule has 0 saturated heterocycles. The Morgan fingerprint density at radius 1 is 1.24 bits per heavy atom. The van der Waals surface area contributed by atoms with Crippen molar-refractivity contribution in [1.82, 2.24) is 25.0 Å². The molecular formula is C13H22F3N5. The lowest BCUT2D eigenvalue weighted by molar-refractivity contribution is -0.148. The molecule has 0 fully saturated rings. The number of halogens is 3. The Morgan fingerprint density at radius 2 is 2.00 bits per heavy atom. The van der Waals surface area contributed by atoms with E-state index in [9.17, 15) is 13.2 Å². The smallest absolute Gasteiger partial charge is 0.316 e. The molecule has 2 heterocycles. The summed E-state index contributed by atoms with van der Waals surface area (Å²) in [6, 6.07) is 0. The Morgan fingerprint density at radius 3 is 2.67 bits per heavy atom. The van der Waals surface area contributed by atoms with Crippen LogP contribution in [0.1, 0.15) is 31.9 Å². The number of aromatic nitrogens is 3. The van der Waals surface area contributed by atoms with Gasteiger partial charge in [-0.05, 0) is 32.0 Å². The van der Waals surface area contributed by atoms with E-state index in [1.165, 1.54) is 4.57 Å². The Kier molecular flexibility index (Phi) is 5.21. The van der Waals surface area contributed by atoms with Gasteiger partial charge in [-0.3, -0.25) is 4.90 Å². The minimum absolute atomic E-state index is 0.302. The van der Waals surface area contributed by atoms with E-state index in [0.717, 1.165) is 26.1 Å². The molecule has 1 N–H and O–H groups in total. The van der Waals surface area contributed by atoms with Gasteiger partial charge >= 0.3 is 6.18 Å². The van der Waals surface area contributed by atoms with Crippen molar-refractivity contribution < 1.29 is 13.2 Å². The topological polar surface area (TPSA) is 46.0 Å². The lowest BCUT2D eigenvalue weighted by atomic mass is 10.2. The van der Waals surface area contributed by atoms with E-state index in [4.69, 9.17) is 0 Å². The zero-order valence-electron chi connectivity index (χ0n) is 12.4. The average Bonchev–Trinajstić information content (AvgIpc) is 2.80. The van der Waals surface area contributed by atoms with Crippen LogP contribution in [0, 0.1) is 5.92 Å². The summed E-state index contributed by atoms with van der Waals surface area (Å²) in [7, 11) is 0. The minimum Gasteiger partial charge on any atom is -0.316 e. The predicted molar refractivity (Wildman–Crippen MR) is 72.6 cm³/mol. The van der Waals surface area contributed by atoms with Gasteiger partial charge in [-0.25, -0.2) is 0 Å². The first-order chi connectivity index (χ1) is 9.88. The number of nitrogens with zero attached hydrogens (tertiary/aromatic N) is 4. The van der Waals surface area contributed by atoms with Crippen LogP contribution in [0.25, 0.3) is 0 Å². The highest BCUT2D eigenvalue weighted by Crippen LogP contribution is 2.29. The van der Waals surface area contributed by atoms with Crippen LogP contribution < -0.4 is 5.32 Å². The Balaban J connectivity index is 1.80. The Labute approximate surface area is 122 Å². The third kappa shape index (κ3) is 4.41. The lowest BCUT2D eigenvalue weighted by Gasteiger charge is -2.27. The standard InChI is InChI=1S/C13H22F3N5/c1-10(2)8-17-4-3-5-20-6-7-21-11(9-20)18-19-12(21)13(14,15)16/h10,17H,3-9H2,1-2H3. The maximum Gasteiger partial charge on any atom is 0.451 e. The average molecular weight is 305 g/mol. The summed E-state index contributed by atoms with van der Waals surface area (Å²) in [5.74, 6) is 0.152. The van der Waals surface area contributed by atoms with Gasteiger partial charge in [-0.2, -0.15) is 13.2 Å².